The van der Waals surface area contributed by atoms with Gasteiger partial charge >= 0.3 is 17.1 Å². The van der Waals surface area contributed by atoms with Crippen molar-refractivity contribution < 1.29 is 17.1 Å². The first-order chi connectivity index (χ1) is 6.00. The zero-order valence-corrected chi connectivity index (χ0v) is 8.94. The van der Waals surface area contributed by atoms with Crippen molar-refractivity contribution in [2.75, 3.05) is 0 Å². The molecule has 0 aromatic heterocycles. The molecule has 0 bridgehead atoms. The van der Waals surface area contributed by atoms with Crippen LogP contribution in [-0.2, 0) is 17.1 Å². The van der Waals surface area contributed by atoms with E-state index in [-0.39, 0.29) is 17.1 Å². The summed E-state index contributed by atoms with van der Waals surface area (Å²) in [5.41, 5.74) is 0. The molecule has 13 heavy (non-hydrogen) atoms. The van der Waals surface area contributed by atoms with Crippen molar-refractivity contribution in [1.82, 2.24) is 0 Å². The van der Waals surface area contributed by atoms with Crippen LogP contribution in [0.5, 0.6) is 0 Å². The van der Waals surface area contributed by atoms with Crippen molar-refractivity contribution in [3.8, 4) is 0 Å². The maximum atomic E-state index is 3.25. The minimum atomic E-state index is 0. The molecule has 0 radical (unpaired) electrons. The van der Waals surface area contributed by atoms with E-state index in [4.69, 9.17) is 0 Å². The molecule has 0 amide bonds. The Labute approximate surface area is 91.8 Å². The summed E-state index contributed by atoms with van der Waals surface area (Å²) in [4.78, 5) is 0. The third-order valence-corrected chi connectivity index (χ3v) is 1.11. The molecule has 2 rings (SSSR count). The van der Waals surface area contributed by atoms with Crippen molar-refractivity contribution in [2.45, 2.75) is 6.92 Å². The van der Waals surface area contributed by atoms with Gasteiger partial charge in [-0.25, -0.2) is 24.3 Å². The van der Waals surface area contributed by atoms with Gasteiger partial charge in [-0.05, 0) is 0 Å². The van der Waals surface area contributed by atoms with Crippen molar-refractivity contribution in [3.63, 3.8) is 0 Å². The third-order valence-electron chi connectivity index (χ3n) is 1.11. The van der Waals surface area contributed by atoms with E-state index in [2.05, 4.69) is 6.92 Å². The second-order valence-corrected chi connectivity index (χ2v) is 1.92. The summed E-state index contributed by atoms with van der Waals surface area (Å²) < 4.78 is 0. The second kappa shape index (κ2) is 13.8. The van der Waals surface area contributed by atoms with Crippen LogP contribution in [0.25, 0.3) is 0 Å². The molecule has 1 heteroatoms. The summed E-state index contributed by atoms with van der Waals surface area (Å²) in [6, 6.07) is 20.0. The fourth-order valence-electron chi connectivity index (χ4n) is 0.642. The van der Waals surface area contributed by atoms with Gasteiger partial charge < -0.3 is 6.92 Å². The molecular formula is C12H15Fe+. The van der Waals surface area contributed by atoms with Crippen LogP contribution in [0.1, 0.15) is 6.92 Å². The standard InChI is InChI=1S/2C5H5.C2H5.Fe/c2*1-2-4-5-3-1;1-2;/h2*1-5H;1H2,2H3;/q3*-1;+4. The van der Waals surface area contributed by atoms with Crippen molar-refractivity contribution in [2.24, 2.45) is 0 Å². The molecule has 0 aliphatic rings. The van der Waals surface area contributed by atoms with Crippen molar-refractivity contribution in [3.05, 3.63) is 67.6 Å². The van der Waals surface area contributed by atoms with E-state index in [0.717, 1.165) is 0 Å². The first-order valence-electron chi connectivity index (χ1n) is 4.04. The Morgan fingerprint density at radius 2 is 0.923 bits per heavy atom. The van der Waals surface area contributed by atoms with E-state index >= 15 is 0 Å². The number of hydrogen-bond donors (Lipinski definition) is 0. The van der Waals surface area contributed by atoms with Crippen LogP contribution in [-0.4, -0.2) is 0 Å². The van der Waals surface area contributed by atoms with E-state index in [9.17, 15) is 0 Å². The maximum absolute atomic E-state index is 3.25. The van der Waals surface area contributed by atoms with Gasteiger partial charge in [-0.15, -0.1) is 0 Å². The molecule has 70 valence electrons. The largest absolute Gasteiger partial charge is 4.00 e. The topological polar surface area (TPSA) is 0 Å². The van der Waals surface area contributed by atoms with Gasteiger partial charge in [0.2, 0.25) is 0 Å². The summed E-state index contributed by atoms with van der Waals surface area (Å²) in [5.74, 6) is 0. The summed E-state index contributed by atoms with van der Waals surface area (Å²) >= 11 is 0. The van der Waals surface area contributed by atoms with Gasteiger partial charge in [0.05, 0.1) is 0 Å². The fraction of sp³-hybridized carbons (Fsp3) is 0.0833. The van der Waals surface area contributed by atoms with Crippen molar-refractivity contribution >= 4 is 0 Å². The van der Waals surface area contributed by atoms with Gasteiger partial charge in [0.1, 0.15) is 0 Å². The average molecular weight is 215 g/mol. The number of hydrogen-bond acceptors (Lipinski definition) is 0. The summed E-state index contributed by atoms with van der Waals surface area (Å²) in [7, 11) is 0. The Balaban J connectivity index is 0. The minimum absolute atomic E-state index is 0. The Hall–Kier alpha value is -0.781. The van der Waals surface area contributed by atoms with E-state index in [1.54, 1.807) is 6.92 Å². The maximum Gasteiger partial charge on any atom is 4.00 e. The Morgan fingerprint density at radius 3 is 1.00 bits per heavy atom. The van der Waals surface area contributed by atoms with Gasteiger partial charge in [0, 0.05) is 0 Å². The molecular weight excluding hydrogens is 200 g/mol. The predicted octanol–water partition coefficient (Wildman–Crippen LogP) is 3.65. The molecule has 0 aliphatic carbocycles. The Morgan fingerprint density at radius 1 is 0.692 bits per heavy atom. The molecule has 0 spiro atoms. The van der Waals surface area contributed by atoms with E-state index in [0.29, 0.717) is 0 Å². The molecule has 0 N–H and O–H groups in total. The summed E-state index contributed by atoms with van der Waals surface area (Å²) in [5, 5.41) is 0. The fourth-order valence-corrected chi connectivity index (χ4v) is 0.642. The molecule has 0 nitrogen and oxygen atoms in total. The smallest absolute Gasteiger partial charge is 0.346 e. The predicted molar refractivity (Wildman–Crippen MR) is 55.1 cm³/mol. The SMILES string of the molecule is [CH2-]C.[Fe+4].c1cc[cH-]c1.c1cc[cH-]c1. The van der Waals surface area contributed by atoms with Gasteiger partial charge in [-0.2, -0.15) is 43.3 Å². The molecule has 0 saturated carbocycles. The quantitative estimate of drug-likeness (QED) is 0.464. The van der Waals surface area contributed by atoms with Crippen LogP contribution in [0.15, 0.2) is 60.7 Å². The first-order valence-corrected chi connectivity index (χ1v) is 4.04. The van der Waals surface area contributed by atoms with Crippen LogP contribution in [0.2, 0.25) is 0 Å². The van der Waals surface area contributed by atoms with Crippen LogP contribution >= 0.6 is 0 Å². The van der Waals surface area contributed by atoms with Crippen LogP contribution in [0.3, 0.4) is 0 Å². The van der Waals surface area contributed by atoms with E-state index in [1.807, 2.05) is 60.7 Å². The monoisotopic (exact) mass is 215 g/mol. The van der Waals surface area contributed by atoms with Crippen LogP contribution in [0.4, 0.5) is 0 Å². The third kappa shape index (κ3) is 11.2. The summed E-state index contributed by atoms with van der Waals surface area (Å²) in [6.45, 7) is 5.00. The minimum Gasteiger partial charge on any atom is -0.346 e. The summed E-state index contributed by atoms with van der Waals surface area (Å²) in [6.07, 6.45) is 0. The molecule has 0 atom stereocenters. The molecule has 2 aromatic carbocycles. The normalized spacial score (nSPS) is 6.62. The molecule has 0 fully saturated rings. The van der Waals surface area contributed by atoms with Gasteiger partial charge in [-0.1, -0.05) is 0 Å². The van der Waals surface area contributed by atoms with Crippen LogP contribution < -0.4 is 0 Å². The Bertz CT molecular complexity index is 144. The molecule has 2 aromatic rings. The molecule has 0 saturated heterocycles. The Kier molecular flexibility index (Phi) is 15.6. The molecule has 0 aliphatic heterocycles. The molecule has 0 unspecified atom stereocenters. The number of rotatable bonds is 0. The zero-order chi connectivity index (χ0) is 9.07. The molecule has 0 heterocycles. The van der Waals surface area contributed by atoms with Crippen molar-refractivity contribution in [1.29, 1.82) is 0 Å². The van der Waals surface area contributed by atoms with Gasteiger partial charge in [0.25, 0.3) is 0 Å². The first kappa shape index (κ1) is 14.7. The van der Waals surface area contributed by atoms with Gasteiger partial charge in [0.15, 0.2) is 0 Å². The van der Waals surface area contributed by atoms with Gasteiger partial charge in [-0.3, -0.25) is 0 Å². The van der Waals surface area contributed by atoms with E-state index < -0.39 is 0 Å². The van der Waals surface area contributed by atoms with Crippen LogP contribution in [0, 0.1) is 6.92 Å². The average Bonchev–Trinajstić information content (AvgIpc) is 2.87. The second-order valence-electron chi connectivity index (χ2n) is 1.92. The van der Waals surface area contributed by atoms with E-state index in [1.165, 1.54) is 0 Å². The zero-order valence-electron chi connectivity index (χ0n) is 7.83.